The molecule has 0 unspecified atom stereocenters. The van der Waals surface area contributed by atoms with Gasteiger partial charge in [0.1, 0.15) is 6.04 Å². The highest BCUT2D eigenvalue weighted by Gasteiger charge is 2.52. The molecule has 0 bridgehead atoms. The molecule has 19 heavy (non-hydrogen) atoms. The van der Waals surface area contributed by atoms with Gasteiger partial charge in [0, 0.05) is 31.9 Å². The van der Waals surface area contributed by atoms with Gasteiger partial charge in [-0.1, -0.05) is 0 Å². The van der Waals surface area contributed by atoms with Crippen LogP contribution in [0.3, 0.4) is 0 Å². The molecule has 0 aromatic rings. The third-order valence-corrected chi connectivity index (χ3v) is 5.22. The van der Waals surface area contributed by atoms with Crippen molar-refractivity contribution >= 4 is 23.6 Å². The van der Waals surface area contributed by atoms with Crippen molar-refractivity contribution in [1.82, 2.24) is 10.2 Å². The van der Waals surface area contributed by atoms with Gasteiger partial charge in [-0.2, -0.15) is 0 Å². The zero-order valence-corrected chi connectivity index (χ0v) is 12.4. The van der Waals surface area contributed by atoms with Crippen LogP contribution in [0.1, 0.15) is 33.1 Å². The Morgan fingerprint density at radius 3 is 3.16 bits per heavy atom. The summed E-state index contributed by atoms with van der Waals surface area (Å²) in [6.45, 7) is 5.99. The summed E-state index contributed by atoms with van der Waals surface area (Å²) in [7, 11) is 0. The van der Waals surface area contributed by atoms with E-state index in [1.807, 2.05) is 6.92 Å². The number of fused-ring (bicyclic) bond motifs is 1. The quantitative estimate of drug-likeness (QED) is 0.740. The molecule has 0 spiro atoms. The molecular formula is C13H22N2O3S. The number of hydrogen-bond acceptors (Lipinski definition) is 4. The number of nitrogens with zero attached hydrogens (tertiary/aromatic N) is 1. The molecule has 0 saturated carbocycles. The Bertz CT molecular complexity index is 364. The summed E-state index contributed by atoms with van der Waals surface area (Å²) in [4.78, 5) is 25.7. The second-order valence-electron chi connectivity index (χ2n) is 5.11. The van der Waals surface area contributed by atoms with Crippen molar-refractivity contribution in [3.63, 3.8) is 0 Å². The fourth-order valence-corrected chi connectivity index (χ4v) is 4.09. The minimum absolute atomic E-state index is 0.0250. The molecule has 0 aromatic carbocycles. The number of rotatable bonds is 6. The van der Waals surface area contributed by atoms with Crippen LogP contribution in [0.15, 0.2) is 0 Å². The smallest absolute Gasteiger partial charge is 0.243 e. The minimum atomic E-state index is -0.294. The first-order chi connectivity index (χ1) is 9.08. The second-order valence-corrected chi connectivity index (χ2v) is 6.61. The summed E-state index contributed by atoms with van der Waals surface area (Å²) >= 11 is 1.72. The molecule has 0 radical (unpaired) electrons. The maximum Gasteiger partial charge on any atom is 0.243 e. The molecule has 2 atom stereocenters. The molecule has 2 aliphatic heterocycles. The Balaban J connectivity index is 1.81. The minimum Gasteiger partial charge on any atom is -0.382 e. The lowest BCUT2D eigenvalue weighted by Gasteiger charge is -2.29. The number of ether oxygens (including phenoxy) is 1. The topological polar surface area (TPSA) is 58.6 Å². The average Bonchev–Trinajstić information content (AvgIpc) is 2.87. The van der Waals surface area contributed by atoms with Gasteiger partial charge in [-0.3, -0.25) is 9.59 Å². The SMILES string of the molecule is CCOCCCNC(=O)[C@@H]1CS[C@]2(C)CCC(=O)N12. The van der Waals surface area contributed by atoms with Crippen LogP contribution in [0, 0.1) is 0 Å². The summed E-state index contributed by atoms with van der Waals surface area (Å²) in [5.74, 6) is 0.796. The van der Waals surface area contributed by atoms with Crippen LogP contribution in [0.25, 0.3) is 0 Å². The number of nitrogens with one attached hydrogen (secondary N) is 1. The van der Waals surface area contributed by atoms with Crippen LogP contribution in [0.4, 0.5) is 0 Å². The third kappa shape index (κ3) is 3.05. The number of hydrogen-bond donors (Lipinski definition) is 1. The molecule has 0 aromatic heterocycles. The normalized spacial score (nSPS) is 29.7. The van der Waals surface area contributed by atoms with Crippen LogP contribution in [-0.2, 0) is 14.3 Å². The summed E-state index contributed by atoms with van der Waals surface area (Å²) in [5.41, 5.74) is 0. The average molecular weight is 286 g/mol. The van der Waals surface area contributed by atoms with E-state index in [-0.39, 0.29) is 22.7 Å². The van der Waals surface area contributed by atoms with E-state index in [2.05, 4.69) is 12.2 Å². The van der Waals surface area contributed by atoms with Gasteiger partial charge in [0.15, 0.2) is 0 Å². The summed E-state index contributed by atoms with van der Waals surface area (Å²) < 4.78 is 5.22. The Kier molecular flexibility index (Phi) is 4.73. The highest BCUT2D eigenvalue weighted by atomic mass is 32.2. The fraction of sp³-hybridized carbons (Fsp3) is 0.846. The van der Waals surface area contributed by atoms with Crippen molar-refractivity contribution in [3.05, 3.63) is 0 Å². The molecule has 0 aliphatic carbocycles. The van der Waals surface area contributed by atoms with Gasteiger partial charge in [0.05, 0.1) is 4.87 Å². The molecular weight excluding hydrogens is 264 g/mol. The van der Waals surface area contributed by atoms with Gasteiger partial charge in [0.2, 0.25) is 11.8 Å². The van der Waals surface area contributed by atoms with Crippen LogP contribution in [-0.4, -0.2) is 53.1 Å². The zero-order chi connectivity index (χ0) is 13.9. The molecule has 1 N–H and O–H groups in total. The second kappa shape index (κ2) is 6.13. The van der Waals surface area contributed by atoms with Gasteiger partial charge >= 0.3 is 0 Å². The molecule has 6 heteroatoms. The van der Waals surface area contributed by atoms with Crippen molar-refractivity contribution in [2.75, 3.05) is 25.5 Å². The van der Waals surface area contributed by atoms with E-state index < -0.39 is 0 Å². The van der Waals surface area contributed by atoms with Gasteiger partial charge in [-0.15, -0.1) is 11.8 Å². The van der Waals surface area contributed by atoms with Gasteiger partial charge in [0.25, 0.3) is 0 Å². The van der Waals surface area contributed by atoms with Crippen molar-refractivity contribution in [1.29, 1.82) is 0 Å². The van der Waals surface area contributed by atoms with E-state index >= 15 is 0 Å². The Labute approximate surface area is 118 Å². The first-order valence-electron chi connectivity index (χ1n) is 6.90. The third-order valence-electron chi connectivity index (χ3n) is 3.72. The first kappa shape index (κ1) is 14.7. The van der Waals surface area contributed by atoms with E-state index in [4.69, 9.17) is 4.74 Å². The van der Waals surface area contributed by atoms with Gasteiger partial charge in [-0.25, -0.2) is 0 Å². The van der Waals surface area contributed by atoms with Crippen LogP contribution < -0.4 is 5.32 Å². The molecule has 2 amide bonds. The number of carbonyl (C=O) groups is 2. The van der Waals surface area contributed by atoms with Crippen LogP contribution >= 0.6 is 11.8 Å². The van der Waals surface area contributed by atoms with Crippen LogP contribution in [0.2, 0.25) is 0 Å². The predicted molar refractivity (Wildman–Crippen MR) is 74.9 cm³/mol. The molecule has 108 valence electrons. The zero-order valence-electron chi connectivity index (χ0n) is 11.6. The number of amides is 2. The van der Waals surface area contributed by atoms with E-state index in [0.717, 1.165) is 12.8 Å². The maximum atomic E-state index is 12.1. The Hall–Kier alpha value is -0.750. The highest BCUT2D eigenvalue weighted by molar-refractivity contribution is 8.01. The van der Waals surface area contributed by atoms with Crippen molar-refractivity contribution in [2.45, 2.75) is 44.0 Å². The highest BCUT2D eigenvalue weighted by Crippen LogP contribution is 2.47. The fourth-order valence-electron chi connectivity index (χ4n) is 2.66. The summed E-state index contributed by atoms with van der Waals surface area (Å²) in [6.07, 6.45) is 2.23. The Morgan fingerprint density at radius 2 is 2.42 bits per heavy atom. The lowest BCUT2D eigenvalue weighted by Crippen LogP contribution is -2.50. The molecule has 2 rings (SSSR count). The molecule has 2 heterocycles. The van der Waals surface area contributed by atoms with Gasteiger partial charge < -0.3 is 15.0 Å². The Morgan fingerprint density at radius 1 is 1.63 bits per heavy atom. The molecule has 5 nitrogen and oxygen atoms in total. The molecule has 2 fully saturated rings. The first-order valence-corrected chi connectivity index (χ1v) is 7.88. The van der Waals surface area contributed by atoms with Crippen molar-refractivity contribution in [3.8, 4) is 0 Å². The van der Waals surface area contributed by atoms with E-state index in [0.29, 0.717) is 31.9 Å². The lowest BCUT2D eigenvalue weighted by molar-refractivity contribution is -0.137. The van der Waals surface area contributed by atoms with E-state index in [1.54, 1.807) is 16.7 Å². The largest absolute Gasteiger partial charge is 0.382 e. The lowest BCUT2D eigenvalue weighted by atomic mass is 10.2. The number of thioether (sulfide) groups is 1. The predicted octanol–water partition coefficient (Wildman–Crippen LogP) is 0.983. The molecule has 2 saturated heterocycles. The summed E-state index contributed by atoms with van der Waals surface area (Å²) in [5, 5.41) is 2.91. The molecule has 2 aliphatic rings. The van der Waals surface area contributed by atoms with Crippen molar-refractivity contribution < 1.29 is 14.3 Å². The van der Waals surface area contributed by atoms with E-state index in [1.165, 1.54) is 0 Å². The van der Waals surface area contributed by atoms with E-state index in [9.17, 15) is 9.59 Å². The van der Waals surface area contributed by atoms with Gasteiger partial charge in [-0.05, 0) is 26.7 Å². The van der Waals surface area contributed by atoms with Crippen molar-refractivity contribution in [2.24, 2.45) is 0 Å². The number of carbonyl (C=O) groups excluding carboxylic acids is 2. The van der Waals surface area contributed by atoms with Crippen LogP contribution in [0.5, 0.6) is 0 Å². The summed E-state index contributed by atoms with van der Waals surface area (Å²) in [6, 6.07) is -0.294. The standard InChI is InChI=1S/C13H22N2O3S/c1-3-18-8-4-7-14-12(17)10-9-19-13(2)6-5-11(16)15(10)13/h10H,3-9H2,1-2H3,(H,14,17)/t10-,13+/m0/s1. The monoisotopic (exact) mass is 286 g/mol. The maximum absolute atomic E-state index is 12.1.